The van der Waals surface area contributed by atoms with Gasteiger partial charge in [0.05, 0.1) is 0 Å². The number of rotatable bonds is 5. The number of unbranched alkanes of at least 4 members (excludes halogenated alkanes) is 3. The number of fused-ring (bicyclic) bond motifs is 1. The molecule has 2 aliphatic heterocycles. The molecule has 4 rings (SSSR count). The Hall–Kier alpha value is -1.44. The van der Waals surface area contributed by atoms with Crippen LogP contribution in [0.5, 0.6) is 0 Å². The highest BCUT2D eigenvalue weighted by atomic mass is 15.0. The van der Waals surface area contributed by atoms with E-state index in [1.807, 2.05) is 0 Å². The summed E-state index contributed by atoms with van der Waals surface area (Å²) < 4.78 is 0. The molecule has 0 saturated carbocycles. The third-order valence-electron chi connectivity index (χ3n) is 5.97. The molecule has 0 radical (unpaired) electrons. The highest BCUT2D eigenvalue weighted by molar-refractivity contribution is 5.60. The van der Waals surface area contributed by atoms with Crippen LogP contribution in [0.3, 0.4) is 0 Å². The average molecular weight is 310 g/mol. The van der Waals surface area contributed by atoms with Crippen molar-refractivity contribution in [1.82, 2.24) is 10.6 Å². The molecule has 0 aromatic carbocycles. The SMILES string of the molecule is CCCCCCC1NC(C)=CC2=C1CC1CNC3=CCCC2=C31. The quantitative estimate of drug-likeness (QED) is 0.718. The van der Waals surface area contributed by atoms with Gasteiger partial charge in [-0.05, 0) is 61.0 Å². The molecule has 1 fully saturated rings. The normalized spacial score (nSPS) is 28.6. The Labute approximate surface area is 140 Å². The van der Waals surface area contributed by atoms with E-state index in [1.54, 1.807) is 22.3 Å². The summed E-state index contributed by atoms with van der Waals surface area (Å²) in [5.74, 6) is 0.724. The highest BCUT2D eigenvalue weighted by Gasteiger charge is 2.38. The van der Waals surface area contributed by atoms with Gasteiger partial charge >= 0.3 is 0 Å². The smallest absolute Gasteiger partial charge is 0.0479 e. The summed E-state index contributed by atoms with van der Waals surface area (Å²) in [4.78, 5) is 0. The van der Waals surface area contributed by atoms with Gasteiger partial charge in [0.1, 0.15) is 0 Å². The number of dihydropyridines is 1. The second kappa shape index (κ2) is 6.22. The molecule has 0 amide bonds. The fourth-order valence-electron chi connectivity index (χ4n) is 4.91. The van der Waals surface area contributed by atoms with Crippen LogP contribution in [0.25, 0.3) is 0 Å². The Balaban J connectivity index is 1.62. The fraction of sp³-hybridized carbons (Fsp3) is 0.619. The standard InChI is InChI=1S/C21H30N2/c1-3-4-5-6-9-19-18-12-15-13-22-20-10-7-8-16(21(15)20)17(18)11-14(2)23-19/h10-11,15,19,22-23H,3-9,12-13H2,1-2H3. The number of nitrogens with one attached hydrogen (secondary N) is 2. The zero-order valence-corrected chi connectivity index (χ0v) is 14.7. The first-order chi connectivity index (χ1) is 11.3. The van der Waals surface area contributed by atoms with Crippen molar-refractivity contribution < 1.29 is 0 Å². The van der Waals surface area contributed by atoms with Gasteiger partial charge in [-0.25, -0.2) is 0 Å². The fourth-order valence-corrected chi connectivity index (χ4v) is 4.91. The largest absolute Gasteiger partial charge is 0.384 e. The average Bonchev–Trinajstić information content (AvgIpc) is 2.97. The molecule has 1 saturated heterocycles. The van der Waals surface area contributed by atoms with Crippen molar-refractivity contribution in [2.45, 2.75) is 71.3 Å². The van der Waals surface area contributed by atoms with E-state index in [4.69, 9.17) is 0 Å². The van der Waals surface area contributed by atoms with Crippen LogP contribution >= 0.6 is 0 Å². The molecule has 2 nitrogen and oxygen atoms in total. The second-order valence-corrected chi connectivity index (χ2v) is 7.64. The van der Waals surface area contributed by atoms with Gasteiger partial charge in [-0.2, -0.15) is 0 Å². The van der Waals surface area contributed by atoms with Crippen molar-refractivity contribution in [2.24, 2.45) is 5.92 Å². The molecule has 2 atom stereocenters. The molecule has 4 aliphatic rings. The lowest BCUT2D eigenvalue weighted by molar-refractivity contribution is 0.489. The van der Waals surface area contributed by atoms with E-state index >= 15 is 0 Å². The number of hydrogen-bond donors (Lipinski definition) is 2. The molecule has 0 spiro atoms. The molecular formula is C21H30N2. The molecule has 2 N–H and O–H groups in total. The van der Waals surface area contributed by atoms with Gasteiger partial charge in [0.25, 0.3) is 0 Å². The molecule has 2 aliphatic carbocycles. The summed E-state index contributed by atoms with van der Waals surface area (Å²) >= 11 is 0. The lowest BCUT2D eigenvalue weighted by Crippen LogP contribution is -2.36. The van der Waals surface area contributed by atoms with Crippen LogP contribution in [0, 0.1) is 5.92 Å². The Morgan fingerprint density at radius 2 is 2.13 bits per heavy atom. The first kappa shape index (κ1) is 15.1. The third kappa shape index (κ3) is 2.66. The lowest BCUT2D eigenvalue weighted by Gasteiger charge is -2.37. The van der Waals surface area contributed by atoms with Gasteiger partial charge in [-0.15, -0.1) is 0 Å². The van der Waals surface area contributed by atoms with E-state index in [0.29, 0.717) is 6.04 Å². The Morgan fingerprint density at radius 3 is 3.00 bits per heavy atom. The van der Waals surface area contributed by atoms with Gasteiger partial charge in [-0.3, -0.25) is 0 Å². The van der Waals surface area contributed by atoms with Crippen LogP contribution in [-0.4, -0.2) is 12.6 Å². The monoisotopic (exact) mass is 310 g/mol. The minimum absolute atomic E-state index is 0.580. The van der Waals surface area contributed by atoms with Crippen LogP contribution in [0.4, 0.5) is 0 Å². The molecule has 2 heteroatoms. The van der Waals surface area contributed by atoms with Crippen molar-refractivity contribution in [2.75, 3.05) is 6.54 Å². The topological polar surface area (TPSA) is 24.1 Å². The zero-order chi connectivity index (χ0) is 15.8. The number of hydrogen-bond acceptors (Lipinski definition) is 2. The van der Waals surface area contributed by atoms with Gasteiger partial charge in [0, 0.05) is 29.9 Å². The minimum atomic E-state index is 0.580. The van der Waals surface area contributed by atoms with Gasteiger partial charge in [0.15, 0.2) is 0 Å². The maximum Gasteiger partial charge on any atom is 0.0479 e. The maximum absolute atomic E-state index is 3.79. The van der Waals surface area contributed by atoms with Crippen LogP contribution in [0.2, 0.25) is 0 Å². The van der Waals surface area contributed by atoms with E-state index < -0.39 is 0 Å². The highest BCUT2D eigenvalue weighted by Crippen LogP contribution is 2.47. The molecule has 2 heterocycles. The molecule has 2 unspecified atom stereocenters. The molecule has 0 aromatic heterocycles. The first-order valence-electron chi connectivity index (χ1n) is 9.63. The molecule has 124 valence electrons. The summed E-state index contributed by atoms with van der Waals surface area (Å²) in [5, 5.41) is 7.45. The van der Waals surface area contributed by atoms with Crippen molar-refractivity contribution in [3.8, 4) is 0 Å². The van der Waals surface area contributed by atoms with E-state index in [1.165, 1.54) is 62.8 Å². The van der Waals surface area contributed by atoms with Crippen LogP contribution in [0.1, 0.15) is 65.2 Å². The van der Waals surface area contributed by atoms with Crippen molar-refractivity contribution >= 4 is 0 Å². The van der Waals surface area contributed by atoms with Crippen LogP contribution in [0.15, 0.2) is 45.8 Å². The predicted octanol–water partition coefficient (Wildman–Crippen LogP) is 4.73. The second-order valence-electron chi connectivity index (χ2n) is 7.64. The number of allylic oxidation sites excluding steroid dienone is 6. The van der Waals surface area contributed by atoms with E-state index in [0.717, 1.165) is 12.5 Å². The summed E-state index contributed by atoms with van der Waals surface area (Å²) in [5.41, 5.74) is 9.44. The summed E-state index contributed by atoms with van der Waals surface area (Å²) in [6.45, 7) is 5.68. The summed E-state index contributed by atoms with van der Waals surface area (Å²) in [6.07, 6.45) is 15.3. The van der Waals surface area contributed by atoms with Crippen LogP contribution in [-0.2, 0) is 0 Å². The minimum Gasteiger partial charge on any atom is -0.384 e. The van der Waals surface area contributed by atoms with Crippen molar-refractivity contribution in [1.29, 1.82) is 0 Å². The lowest BCUT2D eigenvalue weighted by atomic mass is 9.72. The van der Waals surface area contributed by atoms with E-state index in [2.05, 4.69) is 36.6 Å². The first-order valence-corrected chi connectivity index (χ1v) is 9.63. The van der Waals surface area contributed by atoms with Gasteiger partial charge < -0.3 is 10.6 Å². The van der Waals surface area contributed by atoms with Crippen LogP contribution < -0.4 is 10.6 Å². The Morgan fingerprint density at radius 1 is 1.22 bits per heavy atom. The maximum atomic E-state index is 3.79. The van der Waals surface area contributed by atoms with E-state index in [-0.39, 0.29) is 0 Å². The predicted molar refractivity (Wildman–Crippen MR) is 96.9 cm³/mol. The molecule has 0 aromatic rings. The van der Waals surface area contributed by atoms with Crippen molar-refractivity contribution in [3.63, 3.8) is 0 Å². The van der Waals surface area contributed by atoms with Crippen molar-refractivity contribution in [3.05, 3.63) is 45.8 Å². The van der Waals surface area contributed by atoms with E-state index in [9.17, 15) is 0 Å². The Kier molecular flexibility index (Phi) is 4.09. The molecule has 23 heavy (non-hydrogen) atoms. The zero-order valence-electron chi connectivity index (χ0n) is 14.7. The molecular weight excluding hydrogens is 280 g/mol. The third-order valence-corrected chi connectivity index (χ3v) is 5.97. The van der Waals surface area contributed by atoms with Gasteiger partial charge in [0.2, 0.25) is 0 Å². The Bertz CT molecular complexity index is 618. The van der Waals surface area contributed by atoms with Gasteiger partial charge in [-0.1, -0.05) is 38.7 Å². The summed E-state index contributed by atoms with van der Waals surface area (Å²) in [6, 6.07) is 0.580. The molecule has 0 bridgehead atoms. The summed E-state index contributed by atoms with van der Waals surface area (Å²) in [7, 11) is 0.